The molecule has 0 saturated carbocycles. The number of imide groups is 1. The Morgan fingerprint density at radius 2 is 1.84 bits per heavy atom. The molecule has 0 aliphatic carbocycles. The number of carbonyl (C=O) groups is 2. The first-order chi connectivity index (χ1) is 17.7. The van der Waals surface area contributed by atoms with Gasteiger partial charge in [-0.05, 0) is 63.0 Å². The summed E-state index contributed by atoms with van der Waals surface area (Å²) in [4.78, 5) is 30.3. The highest BCUT2D eigenvalue weighted by Gasteiger charge is 2.54. The monoisotopic (exact) mass is 537 g/mol. The molecule has 38 heavy (non-hydrogen) atoms. The number of carbonyl (C=O) groups excluding carboxylic acids is 2. The second-order valence-electron chi connectivity index (χ2n) is 11.8. The minimum Gasteiger partial charge on any atom is -0.543 e. The predicted octanol–water partition coefficient (Wildman–Crippen LogP) is 6.06. The summed E-state index contributed by atoms with van der Waals surface area (Å²) in [6, 6.07) is 7.50. The van der Waals surface area contributed by atoms with Gasteiger partial charge in [-0.1, -0.05) is 45.0 Å². The number of nitrogens with zero attached hydrogens (tertiary/aromatic N) is 5. The SMILES string of the molecule is CCC1(C)C(=O)N(c2cnn(Cc3c(C)noc3C)c2)C(=O)N1Cc1cccc(O[Si](C)(C)C(C)(C)C)c1. The normalized spacial score (nSPS) is 18.6. The molecule has 1 aliphatic heterocycles. The molecule has 9 nitrogen and oxygen atoms in total. The molecule has 3 amide bonds. The Kier molecular flexibility index (Phi) is 7.07. The van der Waals surface area contributed by atoms with E-state index in [0.29, 0.717) is 25.2 Å². The zero-order valence-electron chi connectivity index (χ0n) is 24.0. The molecule has 0 radical (unpaired) electrons. The Morgan fingerprint density at radius 3 is 2.45 bits per heavy atom. The Balaban J connectivity index is 1.58. The van der Waals surface area contributed by atoms with Crippen LogP contribution in [-0.2, 0) is 17.9 Å². The van der Waals surface area contributed by atoms with Crippen LogP contribution in [0.5, 0.6) is 5.75 Å². The third-order valence-electron chi connectivity index (χ3n) is 8.17. The number of rotatable bonds is 8. The maximum atomic E-state index is 13.7. The molecule has 1 saturated heterocycles. The molecule has 1 fully saturated rings. The van der Waals surface area contributed by atoms with Crippen molar-refractivity contribution in [2.75, 3.05) is 4.90 Å². The minimum atomic E-state index is -2.02. The summed E-state index contributed by atoms with van der Waals surface area (Å²) in [6.45, 7) is 19.3. The number of hydrogen-bond acceptors (Lipinski definition) is 6. The highest BCUT2D eigenvalue weighted by Crippen LogP contribution is 2.39. The molecule has 1 aromatic carbocycles. The van der Waals surface area contributed by atoms with Crippen LogP contribution in [0.25, 0.3) is 0 Å². The van der Waals surface area contributed by atoms with Crippen LogP contribution in [0.4, 0.5) is 10.5 Å². The molecule has 4 rings (SSSR count). The average Bonchev–Trinajstić information content (AvgIpc) is 3.47. The van der Waals surface area contributed by atoms with Gasteiger partial charge in [0.2, 0.25) is 8.32 Å². The van der Waals surface area contributed by atoms with Gasteiger partial charge in [0.15, 0.2) is 0 Å². The number of urea groups is 1. The van der Waals surface area contributed by atoms with E-state index in [1.165, 1.54) is 4.90 Å². The Hall–Kier alpha value is -3.40. The number of amides is 3. The van der Waals surface area contributed by atoms with E-state index >= 15 is 0 Å². The van der Waals surface area contributed by atoms with Crippen molar-refractivity contribution in [3.05, 3.63) is 59.2 Å². The van der Waals surface area contributed by atoms with E-state index in [0.717, 1.165) is 28.3 Å². The van der Waals surface area contributed by atoms with Gasteiger partial charge in [-0.25, -0.2) is 9.69 Å². The number of hydrogen-bond donors (Lipinski definition) is 0. The first-order valence-electron chi connectivity index (χ1n) is 13.1. The van der Waals surface area contributed by atoms with Crippen molar-refractivity contribution >= 4 is 25.9 Å². The fourth-order valence-corrected chi connectivity index (χ4v) is 5.39. The molecule has 3 aromatic rings. The fraction of sp³-hybridized carbons (Fsp3) is 0.500. The van der Waals surface area contributed by atoms with Gasteiger partial charge < -0.3 is 13.8 Å². The first kappa shape index (κ1) is 27.6. The number of anilines is 1. The zero-order chi connectivity index (χ0) is 28.0. The average molecular weight is 538 g/mol. The highest BCUT2D eigenvalue weighted by atomic mass is 28.4. The van der Waals surface area contributed by atoms with Gasteiger partial charge >= 0.3 is 6.03 Å². The van der Waals surface area contributed by atoms with Gasteiger partial charge in [0.05, 0.1) is 24.1 Å². The topological polar surface area (TPSA) is 93.7 Å². The van der Waals surface area contributed by atoms with Crippen LogP contribution < -0.4 is 9.33 Å². The lowest BCUT2D eigenvalue weighted by Crippen LogP contribution is -2.46. The maximum absolute atomic E-state index is 13.7. The molecular formula is C28H39N5O4Si. The third-order valence-corrected chi connectivity index (χ3v) is 12.5. The lowest BCUT2D eigenvalue weighted by atomic mass is 9.96. The standard InChI is InChI=1S/C28H39N5O4Si/c1-10-28(7)25(34)33(22-15-29-31(17-22)18-24-19(2)30-36-20(24)3)26(35)32(28)16-21-12-11-13-23(14-21)37-38(8,9)27(4,5)6/h11-15,17H,10,16,18H2,1-9H3. The molecule has 0 bridgehead atoms. The van der Waals surface area contributed by atoms with Crippen molar-refractivity contribution in [3.8, 4) is 5.75 Å². The summed E-state index contributed by atoms with van der Waals surface area (Å²) in [5, 5.41) is 8.46. The Morgan fingerprint density at radius 1 is 1.13 bits per heavy atom. The lowest BCUT2D eigenvalue weighted by molar-refractivity contribution is -0.124. The maximum Gasteiger partial charge on any atom is 0.332 e. The van der Waals surface area contributed by atoms with Crippen molar-refractivity contribution < 1.29 is 18.5 Å². The summed E-state index contributed by atoms with van der Waals surface area (Å²) in [5.74, 6) is 1.26. The van der Waals surface area contributed by atoms with E-state index in [-0.39, 0.29) is 17.0 Å². The largest absolute Gasteiger partial charge is 0.543 e. The molecule has 2 aromatic heterocycles. The number of benzene rings is 1. The smallest absolute Gasteiger partial charge is 0.332 e. The number of aryl methyl sites for hydroxylation is 2. The van der Waals surface area contributed by atoms with E-state index in [2.05, 4.69) is 44.1 Å². The zero-order valence-corrected chi connectivity index (χ0v) is 25.0. The van der Waals surface area contributed by atoms with Crippen LogP contribution >= 0.6 is 0 Å². The van der Waals surface area contributed by atoms with Crippen molar-refractivity contribution in [2.24, 2.45) is 0 Å². The molecule has 10 heteroatoms. The van der Waals surface area contributed by atoms with Crippen LogP contribution in [-0.4, -0.2) is 45.6 Å². The molecular weight excluding hydrogens is 498 g/mol. The quantitative estimate of drug-likeness (QED) is 0.256. The highest BCUT2D eigenvalue weighted by molar-refractivity contribution is 6.74. The van der Waals surface area contributed by atoms with Gasteiger partial charge in [-0.3, -0.25) is 9.48 Å². The van der Waals surface area contributed by atoms with Crippen LogP contribution in [0.3, 0.4) is 0 Å². The van der Waals surface area contributed by atoms with Crippen LogP contribution in [0.2, 0.25) is 18.1 Å². The van der Waals surface area contributed by atoms with E-state index in [1.807, 2.05) is 52.0 Å². The summed E-state index contributed by atoms with van der Waals surface area (Å²) in [7, 11) is -2.02. The molecule has 0 N–H and O–H groups in total. The predicted molar refractivity (Wildman–Crippen MR) is 149 cm³/mol. The van der Waals surface area contributed by atoms with Crippen LogP contribution in [0.1, 0.15) is 63.6 Å². The van der Waals surface area contributed by atoms with Gasteiger partial charge in [-0.2, -0.15) is 5.10 Å². The molecule has 0 spiro atoms. The van der Waals surface area contributed by atoms with Gasteiger partial charge in [0.1, 0.15) is 17.0 Å². The van der Waals surface area contributed by atoms with Gasteiger partial charge in [0, 0.05) is 18.3 Å². The van der Waals surface area contributed by atoms with E-state index in [1.54, 1.807) is 22.0 Å². The second-order valence-corrected chi connectivity index (χ2v) is 16.6. The first-order valence-corrected chi connectivity index (χ1v) is 16.0. The minimum absolute atomic E-state index is 0.0670. The van der Waals surface area contributed by atoms with Crippen molar-refractivity contribution in [1.29, 1.82) is 0 Å². The summed E-state index contributed by atoms with van der Waals surface area (Å²) in [5.41, 5.74) is 2.11. The van der Waals surface area contributed by atoms with Crippen molar-refractivity contribution in [3.63, 3.8) is 0 Å². The van der Waals surface area contributed by atoms with Crippen LogP contribution in [0.15, 0.2) is 41.2 Å². The summed E-state index contributed by atoms with van der Waals surface area (Å²) >= 11 is 0. The fourth-order valence-electron chi connectivity index (χ4n) is 4.37. The Bertz CT molecular complexity index is 1340. The van der Waals surface area contributed by atoms with Crippen LogP contribution in [0, 0.1) is 13.8 Å². The summed E-state index contributed by atoms with van der Waals surface area (Å²) < 4.78 is 13.4. The van der Waals surface area contributed by atoms with Crippen molar-refractivity contribution in [1.82, 2.24) is 19.8 Å². The van der Waals surface area contributed by atoms with Crippen molar-refractivity contribution in [2.45, 2.75) is 91.6 Å². The Labute approximate surface area is 225 Å². The molecule has 1 aliphatic rings. The van der Waals surface area contributed by atoms with E-state index < -0.39 is 13.9 Å². The van der Waals surface area contributed by atoms with E-state index in [4.69, 9.17) is 8.95 Å². The number of aromatic nitrogens is 3. The summed E-state index contributed by atoms with van der Waals surface area (Å²) in [6.07, 6.45) is 3.76. The van der Waals surface area contributed by atoms with E-state index in [9.17, 15) is 9.59 Å². The lowest BCUT2D eigenvalue weighted by Gasteiger charge is -2.36. The second kappa shape index (κ2) is 9.72. The van der Waals surface area contributed by atoms with Gasteiger partial charge in [0.25, 0.3) is 5.91 Å². The molecule has 204 valence electrons. The molecule has 1 atom stereocenters. The third kappa shape index (κ3) is 4.89. The molecule has 3 heterocycles. The van der Waals surface area contributed by atoms with Gasteiger partial charge in [-0.15, -0.1) is 0 Å². The molecule has 1 unspecified atom stereocenters.